The zero-order valence-electron chi connectivity index (χ0n) is 22.0. The van der Waals surface area contributed by atoms with Gasteiger partial charge in [-0.3, -0.25) is 19.3 Å². The molecule has 10 heteroatoms. The fourth-order valence-corrected chi connectivity index (χ4v) is 6.17. The van der Waals surface area contributed by atoms with Crippen LogP contribution in [0.1, 0.15) is 104 Å². The zero-order valence-corrected chi connectivity index (χ0v) is 22.8. The SMILES string of the molecule is CCCC[C@@H](C(=O)NC1CCCC1)N(C(=O)c1snc(C(=O)NC2CCCCC2)c1N)c1ccccc1F. The third-order valence-corrected chi connectivity index (χ3v) is 8.41. The van der Waals surface area contributed by atoms with E-state index in [1.807, 2.05) is 6.92 Å². The number of hydrogen-bond acceptors (Lipinski definition) is 6. The third-order valence-electron chi connectivity index (χ3n) is 7.56. The number of amides is 3. The first-order chi connectivity index (χ1) is 18.4. The van der Waals surface area contributed by atoms with Crippen LogP contribution < -0.4 is 21.3 Å². The Morgan fingerprint density at radius 2 is 1.68 bits per heavy atom. The van der Waals surface area contributed by atoms with Crippen LogP contribution in [0.3, 0.4) is 0 Å². The van der Waals surface area contributed by atoms with Crippen LogP contribution >= 0.6 is 11.5 Å². The standard InChI is InChI=1S/C28H38FN5O3S/c1-2-3-16-22(26(35)31-18-13-7-8-14-18)34(21-17-10-9-15-20(21)29)28(37)25-23(30)24(33-38-25)27(36)32-19-11-5-4-6-12-19/h9-10,15,17-19,22H,2-8,11-14,16,30H2,1H3,(H,31,35)(H,32,36)/t22-/m0/s1. The van der Waals surface area contributed by atoms with Gasteiger partial charge in [0.1, 0.15) is 16.7 Å². The van der Waals surface area contributed by atoms with E-state index in [0.29, 0.717) is 12.8 Å². The van der Waals surface area contributed by atoms with E-state index in [1.54, 1.807) is 6.07 Å². The number of aromatic nitrogens is 1. The number of benzene rings is 1. The maximum absolute atomic E-state index is 15.1. The molecule has 0 bridgehead atoms. The van der Waals surface area contributed by atoms with Crippen molar-refractivity contribution in [3.63, 3.8) is 0 Å². The van der Waals surface area contributed by atoms with Crippen LogP contribution in [-0.2, 0) is 4.79 Å². The Morgan fingerprint density at radius 3 is 2.34 bits per heavy atom. The summed E-state index contributed by atoms with van der Waals surface area (Å²) in [7, 11) is 0. The minimum Gasteiger partial charge on any atom is -0.395 e. The number of anilines is 2. The molecule has 0 aliphatic heterocycles. The topological polar surface area (TPSA) is 117 Å². The lowest BCUT2D eigenvalue weighted by Gasteiger charge is -2.32. The normalized spacial score (nSPS) is 17.2. The summed E-state index contributed by atoms with van der Waals surface area (Å²) in [4.78, 5) is 41.8. The lowest BCUT2D eigenvalue weighted by Crippen LogP contribution is -2.52. The van der Waals surface area contributed by atoms with Gasteiger partial charge in [-0.2, -0.15) is 4.37 Å². The van der Waals surface area contributed by atoms with Gasteiger partial charge in [0, 0.05) is 12.1 Å². The van der Waals surface area contributed by atoms with Crippen molar-refractivity contribution in [1.29, 1.82) is 0 Å². The van der Waals surface area contributed by atoms with Crippen LogP contribution in [0, 0.1) is 5.82 Å². The highest BCUT2D eigenvalue weighted by molar-refractivity contribution is 7.09. The monoisotopic (exact) mass is 543 g/mol. The molecule has 4 N–H and O–H groups in total. The molecule has 206 valence electrons. The number of nitrogens with one attached hydrogen (secondary N) is 2. The van der Waals surface area contributed by atoms with Crippen LogP contribution in [0.4, 0.5) is 15.8 Å². The second-order valence-corrected chi connectivity index (χ2v) is 11.1. The molecule has 2 aromatic rings. The van der Waals surface area contributed by atoms with E-state index in [0.717, 1.165) is 75.7 Å². The molecule has 1 aromatic carbocycles. The number of hydrogen-bond donors (Lipinski definition) is 3. The molecule has 0 spiro atoms. The fourth-order valence-electron chi connectivity index (χ4n) is 5.43. The first-order valence-corrected chi connectivity index (χ1v) is 14.6. The van der Waals surface area contributed by atoms with Gasteiger partial charge in [-0.15, -0.1) is 0 Å². The van der Waals surface area contributed by atoms with E-state index in [2.05, 4.69) is 15.0 Å². The number of nitrogens with zero attached hydrogens (tertiary/aromatic N) is 2. The van der Waals surface area contributed by atoms with Gasteiger partial charge < -0.3 is 16.4 Å². The molecule has 8 nitrogen and oxygen atoms in total. The summed E-state index contributed by atoms with van der Waals surface area (Å²) in [6.07, 6.45) is 10.8. The van der Waals surface area contributed by atoms with E-state index in [4.69, 9.17) is 5.73 Å². The highest BCUT2D eigenvalue weighted by Gasteiger charge is 2.37. The number of unbranched alkanes of at least 4 members (excludes halogenated alkanes) is 1. The molecular formula is C28H38FN5O3S. The molecule has 2 saturated carbocycles. The van der Waals surface area contributed by atoms with Crippen molar-refractivity contribution in [2.75, 3.05) is 10.6 Å². The largest absolute Gasteiger partial charge is 0.395 e. The minimum absolute atomic E-state index is 0.00109. The van der Waals surface area contributed by atoms with Crippen LogP contribution in [0.2, 0.25) is 0 Å². The number of para-hydroxylation sites is 1. The van der Waals surface area contributed by atoms with Crippen LogP contribution in [0.15, 0.2) is 24.3 Å². The van der Waals surface area contributed by atoms with Crippen molar-refractivity contribution in [1.82, 2.24) is 15.0 Å². The summed E-state index contributed by atoms with van der Waals surface area (Å²) in [5.74, 6) is -1.97. The molecule has 3 amide bonds. The molecule has 0 unspecified atom stereocenters. The highest BCUT2D eigenvalue weighted by Crippen LogP contribution is 2.31. The van der Waals surface area contributed by atoms with Gasteiger partial charge >= 0.3 is 0 Å². The molecule has 2 aliphatic carbocycles. The van der Waals surface area contributed by atoms with Gasteiger partial charge in [0.25, 0.3) is 11.8 Å². The summed E-state index contributed by atoms with van der Waals surface area (Å²) in [6.45, 7) is 2.00. The lowest BCUT2D eigenvalue weighted by atomic mass is 9.95. The Balaban J connectivity index is 1.65. The maximum atomic E-state index is 15.1. The molecule has 2 aliphatic rings. The molecule has 0 radical (unpaired) electrons. The number of carbonyl (C=O) groups is 3. The van der Waals surface area contributed by atoms with Gasteiger partial charge in [-0.05, 0) is 55.8 Å². The Kier molecular flexibility index (Phi) is 9.71. The Bertz CT molecular complexity index is 1130. The van der Waals surface area contributed by atoms with E-state index >= 15 is 4.39 Å². The van der Waals surface area contributed by atoms with Crippen LogP contribution in [-0.4, -0.2) is 40.2 Å². The number of rotatable bonds is 10. The van der Waals surface area contributed by atoms with Gasteiger partial charge in [-0.25, -0.2) is 4.39 Å². The zero-order chi connectivity index (χ0) is 27.1. The summed E-state index contributed by atoms with van der Waals surface area (Å²) in [5, 5.41) is 6.07. The molecule has 2 fully saturated rings. The molecule has 4 rings (SSSR count). The maximum Gasteiger partial charge on any atom is 0.273 e. The van der Waals surface area contributed by atoms with E-state index in [1.165, 1.54) is 23.1 Å². The van der Waals surface area contributed by atoms with Gasteiger partial charge in [-0.1, -0.05) is 64.0 Å². The van der Waals surface area contributed by atoms with Crippen LogP contribution in [0.5, 0.6) is 0 Å². The predicted octanol–water partition coefficient (Wildman–Crippen LogP) is 5.19. The van der Waals surface area contributed by atoms with Gasteiger partial charge in [0.15, 0.2) is 5.69 Å². The number of halogens is 1. The molecule has 0 saturated heterocycles. The van der Waals surface area contributed by atoms with E-state index in [-0.39, 0.29) is 39.9 Å². The fraction of sp³-hybridized carbons (Fsp3) is 0.571. The van der Waals surface area contributed by atoms with E-state index in [9.17, 15) is 14.4 Å². The van der Waals surface area contributed by atoms with Crippen LogP contribution in [0.25, 0.3) is 0 Å². The van der Waals surface area contributed by atoms with Gasteiger partial charge in [0.05, 0.1) is 11.4 Å². The van der Waals surface area contributed by atoms with Crippen molar-refractivity contribution in [3.8, 4) is 0 Å². The summed E-state index contributed by atoms with van der Waals surface area (Å²) >= 11 is 0.808. The molecule has 1 heterocycles. The average Bonchev–Trinajstić information content (AvgIpc) is 3.57. The highest BCUT2D eigenvalue weighted by atomic mass is 32.1. The quantitative estimate of drug-likeness (QED) is 0.381. The molecule has 38 heavy (non-hydrogen) atoms. The average molecular weight is 544 g/mol. The Labute approximate surface area is 227 Å². The van der Waals surface area contributed by atoms with Crippen molar-refractivity contribution < 1.29 is 18.8 Å². The Hall–Kier alpha value is -3.01. The summed E-state index contributed by atoms with van der Waals surface area (Å²) in [6, 6.07) is 5.10. The molecular weight excluding hydrogens is 505 g/mol. The third kappa shape index (κ3) is 6.51. The molecule has 1 atom stereocenters. The predicted molar refractivity (Wildman–Crippen MR) is 148 cm³/mol. The number of nitrogens with two attached hydrogens (primary N) is 1. The smallest absolute Gasteiger partial charge is 0.273 e. The molecule has 1 aromatic heterocycles. The van der Waals surface area contributed by atoms with Crippen molar-refractivity contribution in [2.45, 2.75) is 102 Å². The first-order valence-electron chi connectivity index (χ1n) is 13.8. The second-order valence-electron chi connectivity index (χ2n) is 10.4. The first kappa shape index (κ1) is 28.0. The number of carbonyl (C=O) groups excluding carboxylic acids is 3. The number of nitrogen functional groups attached to an aromatic ring is 1. The van der Waals surface area contributed by atoms with Crippen molar-refractivity contribution in [2.24, 2.45) is 0 Å². The summed E-state index contributed by atoms with van der Waals surface area (Å²) < 4.78 is 19.3. The van der Waals surface area contributed by atoms with Crippen molar-refractivity contribution in [3.05, 3.63) is 40.7 Å². The lowest BCUT2D eigenvalue weighted by molar-refractivity contribution is -0.123. The minimum atomic E-state index is -0.930. The van der Waals surface area contributed by atoms with E-state index < -0.39 is 23.7 Å². The second kappa shape index (κ2) is 13.2. The van der Waals surface area contributed by atoms with Crippen molar-refractivity contribution >= 4 is 40.6 Å². The van der Waals surface area contributed by atoms with Gasteiger partial charge in [0.2, 0.25) is 5.91 Å². The summed E-state index contributed by atoms with van der Waals surface area (Å²) in [5.41, 5.74) is 6.28. The Morgan fingerprint density at radius 1 is 1.05 bits per heavy atom.